The molecule has 0 saturated carbocycles. The molecule has 0 aliphatic heterocycles. The SMILES string of the molecule is CC(C)n1nc(Br)nc1Br.CC(C)n1nc(Br)nc1Oc1ccc(OC(F)(F)F)c(F)c1. The first-order chi connectivity index (χ1) is 14.8. The molecular weight excluding hydrogens is 636 g/mol. The van der Waals surface area contributed by atoms with Crippen LogP contribution in [0.3, 0.4) is 0 Å². The van der Waals surface area contributed by atoms with Crippen molar-refractivity contribution in [1.82, 2.24) is 29.5 Å². The first-order valence-electron chi connectivity index (χ1n) is 8.89. The minimum absolute atomic E-state index is 0.0335. The molecule has 0 bridgehead atoms. The van der Waals surface area contributed by atoms with E-state index in [1.54, 1.807) is 4.68 Å². The Morgan fingerprint density at radius 1 is 0.906 bits per heavy atom. The van der Waals surface area contributed by atoms with E-state index in [0.29, 0.717) is 10.8 Å². The Morgan fingerprint density at radius 2 is 1.47 bits per heavy atom. The molecule has 0 unspecified atom stereocenters. The Morgan fingerprint density at radius 3 is 1.91 bits per heavy atom. The fraction of sp³-hybridized carbons (Fsp3) is 0.412. The lowest BCUT2D eigenvalue weighted by atomic mass is 10.3. The number of hydrogen-bond donors (Lipinski definition) is 0. The van der Waals surface area contributed by atoms with Crippen LogP contribution >= 0.6 is 47.8 Å². The van der Waals surface area contributed by atoms with Crippen molar-refractivity contribution in [3.63, 3.8) is 0 Å². The van der Waals surface area contributed by atoms with Gasteiger partial charge in [-0.25, -0.2) is 13.8 Å². The van der Waals surface area contributed by atoms with Gasteiger partial charge in [0.1, 0.15) is 5.75 Å². The van der Waals surface area contributed by atoms with Crippen molar-refractivity contribution < 1.29 is 27.0 Å². The van der Waals surface area contributed by atoms with Gasteiger partial charge in [-0.1, -0.05) is 0 Å². The van der Waals surface area contributed by atoms with E-state index in [0.717, 1.165) is 22.9 Å². The Bertz CT molecular complexity index is 1060. The topological polar surface area (TPSA) is 79.9 Å². The Hall–Kier alpha value is -1.74. The third-order valence-electron chi connectivity index (χ3n) is 3.45. The molecule has 2 heterocycles. The molecular formula is C17H17Br3F4N6O2. The van der Waals surface area contributed by atoms with Crippen LogP contribution < -0.4 is 9.47 Å². The zero-order valence-electron chi connectivity index (χ0n) is 17.0. The molecule has 15 heteroatoms. The van der Waals surface area contributed by atoms with E-state index in [1.165, 1.54) is 4.68 Å². The van der Waals surface area contributed by atoms with E-state index in [2.05, 4.69) is 72.7 Å². The summed E-state index contributed by atoms with van der Waals surface area (Å²) in [6, 6.07) is 3.07. The van der Waals surface area contributed by atoms with Crippen molar-refractivity contribution in [3.05, 3.63) is 38.2 Å². The van der Waals surface area contributed by atoms with Crippen LogP contribution in [0.4, 0.5) is 17.6 Å². The molecule has 1 aromatic carbocycles. The minimum atomic E-state index is -4.97. The molecule has 3 aromatic rings. The monoisotopic (exact) mass is 650 g/mol. The Labute approximate surface area is 205 Å². The average molecular weight is 653 g/mol. The standard InChI is InChI=1S/C12H10BrF4N3O2.C5H7Br2N3/c1-6(2)20-11(18-10(13)19-20)21-7-3-4-9(8(14)5-7)22-12(15,16)17;1-3(2)10-5(7)8-4(6)9-10/h3-6H,1-2H3;3H,1-2H3. The number of halogens is 7. The molecule has 8 nitrogen and oxygen atoms in total. The van der Waals surface area contributed by atoms with Gasteiger partial charge in [-0.05, 0) is 87.6 Å². The number of benzene rings is 1. The van der Waals surface area contributed by atoms with Crippen LogP contribution in [0.15, 0.2) is 32.4 Å². The van der Waals surface area contributed by atoms with Crippen molar-refractivity contribution in [2.45, 2.75) is 46.1 Å². The van der Waals surface area contributed by atoms with Crippen LogP contribution in [-0.2, 0) is 0 Å². The van der Waals surface area contributed by atoms with E-state index in [-0.39, 0.29) is 22.5 Å². The number of rotatable bonds is 5. The molecule has 176 valence electrons. The highest BCUT2D eigenvalue weighted by molar-refractivity contribution is 9.11. The van der Waals surface area contributed by atoms with Crippen molar-refractivity contribution in [2.24, 2.45) is 0 Å². The molecule has 2 aromatic heterocycles. The van der Waals surface area contributed by atoms with Crippen LogP contribution in [0.1, 0.15) is 39.8 Å². The molecule has 0 aliphatic carbocycles. The fourth-order valence-electron chi connectivity index (χ4n) is 2.16. The van der Waals surface area contributed by atoms with Crippen LogP contribution in [0.2, 0.25) is 0 Å². The maximum absolute atomic E-state index is 13.6. The number of aromatic nitrogens is 6. The predicted octanol–water partition coefficient (Wildman–Crippen LogP) is 6.84. The fourth-order valence-corrected chi connectivity index (χ4v) is 3.71. The summed E-state index contributed by atoms with van der Waals surface area (Å²) in [4.78, 5) is 7.97. The third-order valence-corrected chi connectivity index (χ3v) is 4.67. The molecule has 3 rings (SSSR count). The van der Waals surface area contributed by atoms with Gasteiger partial charge in [0.15, 0.2) is 16.3 Å². The summed E-state index contributed by atoms with van der Waals surface area (Å²) in [5, 5.41) is 8.11. The summed E-state index contributed by atoms with van der Waals surface area (Å²) < 4.78 is 63.5. The largest absolute Gasteiger partial charge is 0.573 e. The molecule has 0 fully saturated rings. The lowest BCUT2D eigenvalue weighted by molar-refractivity contribution is -0.275. The maximum atomic E-state index is 13.6. The quantitative estimate of drug-likeness (QED) is 0.281. The van der Waals surface area contributed by atoms with Gasteiger partial charge < -0.3 is 9.47 Å². The van der Waals surface area contributed by atoms with Gasteiger partial charge in [0, 0.05) is 12.1 Å². The zero-order valence-corrected chi connectivity index (χ0v) is 21.8. The van der Waals surface area contributed by atoms with E-state index >= 15 is 0 Å². The van der Waals surface area contributed by atoms with Crippen molar-refractivity contribution >= 4 is 47.8 Å². The first-order valence-corrected chi connectivity index (χ1v) is 11.3. The van der Waals surface area contributed by atoms with E-state index in [9.17, 15) is 17.6 Å². The second kappa shape index (κ2) is 10.9. The van der Waals surface area contributed by atoms with Crippen molar-refractivity contribution in [3.8, 4) is 17.5 Å². The molecule has 0 saturated heterocycles. The van der Waals surface area contributed by atoms with Gasteiger partial charge >= 0.3 is 12.4 Å². The maximum Gasteiger partial charge on any atom is 0.573 e. The summed E-state index contributed by atoms with van der Waals surface area (Å²) in [5.41, 5.74) is 0. The van der Waals surface area contributed by atoms with Crippen LogP contribution in [0.5, 0.6) is 17.5 Å². The molecule has 0 amide bonds. The number of hydrogen-bond acceptors (Lipinski definition) is 6. The van der Waals surface area contributed by atoms with Gasteiger partial charge in [-0.3, -0.25) is 0 Å². The second-order valence-corrected chi connectivity index (χ2v) is 8.76. The van der Waals surface area contributed by atoms with Gasteiger partial charge in [0.25, 0.3) is 0 Å². The first kappa shape index (κ1) is 26.5. The Kier molecular flexibility index (Phi) is 9.05. The molecule has 0 atom stereocenters. The Balaban J connectivity index is 0.000000303. The zero-order chi connectivity index (χ0) is 24.2. The smallest absolute Gasteiger partial charge is 0.424 e. The van der Waals surface area contributed by atoms with Gasteiger partial charge in [0.05, 0.1) is 6.04 Å². The van der Waals surface area contributed by atoms with Crippen LogP contribution in [-0.4, -0.2) is 35.9 Å². The highest BCUT2D eigenvalue weighted by Crippen LogP contribution is 2.30. The molecule has 0 aliphatic rings. The predicted molar refractivity (Wildman–Crippen MR) is 117 cm³/mol. The summed E-state index contributed by atoms with van der Waals surface area (Å²) in [7, 11) is 0. The molecule has 0 spiro atoms. The summed E-state index contributed by atoms with van der Waals surface area (Å²) in [5.74, 6) is -2.18. The van der Waals surface area contributed by atoms with E-state index in [4.69, 9.17) is 4.74 Å². The molecule has 0 N–H and O–H groups in total. The number of ether oxygens (including phenoxy) is 2. The van der Waals surface area contributed by atoms with E-state index in [1.807, 2.05) is 27.7 Å². The minimum Gasteiger partial charge on any atom is -0.424 e. The van der Waals surface area contributed by atoms with Crippen LogP contribution in [0.25, 0.3) is 0 Å². The number of nitrogens with zero attached hydrogens (tertiary/aromatic N) is 6. The van der Waals surface area contributed by atoms with Gasteiger partial charge in [-0.2, -0.15) is 9.97 Å². The highest BCUT2D eigenvalue weighted by Gasteiger charge is 2.32. The second-order valence-electron chi connectivity index (χ2n) is 6.63. The van der Waals surface area contributed by atoms with Crippen molar-refractivity contribution in [1.29, 1.82) is 0 Å². The molecule has 32 heavy (non-hydrogen) atoms. The summed E-state index contributed by atoms with van der Waals surface area (Å²) in [6.07, 6.45) is -4.97. The normalized spacial score (nSPS) is 11.5. The van der Waals surface area contributed by atoms with Gasteiger partial charge in [0.2, 0.25) is 9.47 Å². The highest BCUT2D eigenvalue weighted by atomic mass is 79.9. The van der Waals surface area contributed by atoms with Crippen LogP contribution in [0, 0.1) is 5.82 Å². The number of alkyl halides is 3. The van der Waals surface area contributed by atoms with E-state index < -0.39 is 17.9 Å². The average Bonchev–Trinajstić information content (AvgIpc) is 3.18. The summed E-state index contributed by atoms with van der Waals surface area (Å²) in [6.45, 7) is 7.75. The lowest BCUT2D eigenvalue weighted by Crippen LogP contribution is -2.17. The summed E-state index contributed by atoms with van der Waals surface area (Å²) >= 11 is 9.54. The lowest BCUT2D eigenvalue weighted by Gasteiger charge is -2.12. The molecule has 0 radical (unpaired) electrons. The van der Waals surface area contributed by atoms with Gasteiger partial charge in [-0.15, -0.1) is 23.4 Å². The van der Waals surface area contributed by atoms with Crippen molar-refractivity contribution in [2.75, 3.05) is 0 Å². The third kappa shape index (κ3) is 7.69.